The van der Waals surface area contributed by atoms with Crippen LogP contribution in [-0.2, 0) is 11.2 Å². The highest BCUT2D eigenvalue weighted by Gasteiger charge is 2.22. The number of aromatic amines is 2. The predicted octanol–water partition coefficient (Wildman–Crippen LogP) is -0.442. The summed E-state index contributed by atoms with van der Waals surface area (Å²) in [6.07, 6.45) is 5.77. The van der Waals surface area contributed by atoms with Crippen LogP contribution in [0, 0.1) is 0 Å². The molecule has 2 heterocycles. The Morgan fingerprint density at radius 2 is 2.00 bits per heavy atom. The summed E-state index contributed by atoms with van der Waals surface area (Å²) in [5.41, 5.74) is 0.846. The Kier molecular flexibility index (Phi) is 3.37. The molecule has 0 aliphatic carbocycles. The van der Waals surface area contributed by atoms with Crippen LogP contribution in [0.1, 0.15) is 16.2 Å². The number of nitrogens with zero attached hydrogens (tertiary/aromatic N) is 2. The van der Waals surface area contributed by atoms with E-state index in [2.05, 4.69) is 25.3 Å². The summed E-state index contributed by atoms with van der Waals surface area (Å²) >= 11 is 0. The molecule has 0 aliphatic rings. The van der Waals surface area contributed by atoms with Gasteiger partial charge in [-0.15, -0.1) is 0 Å². The van der Waals surface area contributed by atoms with E-state index in [-0.39, 0.29) is 12.1 Å². The monoisotopic (exact) mass is 249 g/mol. The number of nitrogens with one attached hydrogen (secondary N) is 3. The zero-order valence-electron chi connectivity index (χ0n) is 9.25. The molecule has 0 spiro atoms. The lowest BCUT2D eigenvalue weighted by Gasteiger charge is -2.12. The molecule has 8 nitrogen and oxygen atoms in total. The van der Waals surface area contributed by atoms with Crippen molar-refractivity contribution < 1.29 is 14.7 Å². The molecule has 0 radical (unpaired) electrons. The first kappa shape index (κ1) is 11.8. The molecule has 94 valence electrons. The molecule has 1 atom stereocenters. The van der Waals surface area contributed by atoms with Crippen LogP contribution in [0.4, 0.5) is 0 Å². The molecule has 0 aliphatic heterocycles. The van der Waals surface area contributed by atoms with Gasteiger partial charge in [0.25, 0.3) is 5.91 Å². The molecule has 4 N–H and O–H groups in total. The third-order valence-electron chi connectivity index (χ3n) is 2.33. The Morgan fingerprint density at radius 1 is 1.28 bits per heavy atom. The number of carboxylic acid groups (broad SMARTS) is 1. The first-order valence-corrected chi connectivity index (χ1v) is 5.16. The van der Waals surface area contributed by atoms with Crippen LogP contribution in [0.25, 0.3) is 0 Å². The number of hydrogen-bond donors (Lipinski definition) is 4. The van der Waals surface area contributed by atoms with Crippen molar-refractivity contribution in [3.05, 3.63) is 36.4 Å². The third kappa shape index (κ3) is 2.73. The second-order valence-corrected chi connectivity index (χ2v) is 3.61. The van der Waals surface area contributed by atoms with E-state index in [9.17, 15) is 9.59 Å². The molecule has 0 fully saturated rings. The van der Waals surface area contributed by atoms with Crippen LogP contribution in [-0.4, -0.2) is 43.0 Å². The lowest BCUT2D eigenvalue weighted by Crippen LogP contribution is -2.42. The van der Waals surface area contributed by atoms with E-state index in [0.29, 0.717) is 5.69 Å². The molecule has 0 saturated heterocycles. The van der Waals surface area contributed by atoms with Gasteiger partial charge in [0.1, 0.15) is 11.7 Å². The van der Waals surface area contributed by atoms with Gasteiger partial charge < -0.3 is 20.4 Å². The van der Waals surface area contributed by atoms with Gasteiger partial charge in [-0.05, 0) is 0 Å². The fraction of sp³-hybridized carbons (Fsp3) is 0.200. The number of rotatable bonds is 5. The topological polar surface area (TPSA) is 124 Å². The zero-order valence-corrected chi connectivity index (χ0v) is 9.25. The summed E-state index contributed by atoms with van der Waals surface area (Å²) in [5, 5.41) is 11.4. The van der Waals surface area contributed by atoms with E-state index in [1.54, 1.807) is 0 Å². The Hall–Kier alpha value is -2.64. The highest BCUT2D eigenvalue weighted by molar-refractivity contribution is 5.94. The van der Waals surface area contributed by atoms with Gasteiger partial charge in [0.15, 0.2) is 0 Å². The van der Waals surface area contributed by atoms with Crippen molar-refractivity contribution in [3.8, 4) is 0 Å². The summed E-state index contributed by atoms with van der Waals surface area (Å²) in [6, 6.07) is -1.03. The Balaban J connectivity index is 2.03. The van der Waals surface area contributed by atoms with Crippen LogP contribution in [0.2, 0.25) is 0 Å². The minimum absolute atomic E-state index is 0.134. The van der Waals surface area contributed by atoms with Crippen molar-refractivity contribution in [1.29, 1.82) is 0 Å². The Labute approximate surface area is 101 Å². The number of carbonyl (C=O) groups is 2. The lowest BCUT2D eigenvalue weighted by atomic mass is 10.1. The maximum atomic E-state index is 11.7. The summed E-state index contributed by atoms with van der Waals surface area (Å²) in [6.45, 7) is 0. The second kappa shape index (κ2) is 5.13. The summed E-state index contributed by atoms with van der Waals surface area (Å²) in [5.74, 6) is -1.63. The SMILES string of the molecule is O=C(N[C@H](Cc1cnc[nH]1)C(=O)O)c1cnc[nH]1. The fourth-order valence-corrected chi connectivity index (χ4v) is 1.43. The average Bonchev–Trinajstić information content (AvgIpc) is 3.00. The highest BCUT2D eigenvalue weighted by Crippen LogP contribution is 2.00. The molecule has 2 aromatic heterocycles. The number of hydrogen-bond acceptors (Lipinski definition) is 4. The number of H-pyrrole nitrogens is 2. The van der Waals surface area contributed by atoms with Crippen LogP contribution in [0.15, 0.2) is 25.0 Å². The van der Waals surface area contributed by atoms with Crippen molar-refractivity contribution in [1.82, 2.24) is 25.3 Å². The standard InChI is InChI=1S/C10H11N5O3/c16-9(8-3-12-5-14-8)15-7(10(17)18)1-6-2-11-4-13-6/h2-5,7H,1H2,(H,11,13)(H,12,14)(H,15,16)(H,17,18)/t7-/m1/s1. The number of carboxylic acids is 1. The van der Waals surface area contributed by atoms with E-state index in [1.165, 1.54) is 25.0 Å². The minimum atomic E-state index is -1.11. The molecule has 0 bridgehead atoms. The first-order valence-electron chi connectivity index (χ1n) is 5.16. The molecule has 8 heteroatoms. The van der Waals surface area contributed by atoms with Gasteiger partial charge in [0, 0.05) is 18.3 Å². The predicted molar refractivity (Wildman–Crippen MR) is 59.8 cm³/mol. The second-order valence-electron chi connectivity index (χ2n) is 3.61. The minimum Gasteiger partial charge on any atom is -0.480 e. The van der Waals surface area contributed by atoms with Crippen molar-refractivity contribution in [3.63, 3.8) is 0 Å². The van der Waals surface area contributed by atoms with Crippen LogP contribution in [0.3, 0.4) is 0 Å². The fourth-order valence-electron chi connectivity index (χ4n) is 1.43. The molecular weight excluding hydrogens is 238 g/mol. The molecule has 0 aromatic carbocycles. The summed E-state index contributed by atoms with van der Waals surface area (Å²) < 4.78 is 0. The third-order valence-corrected chi connectivity index (χ3v) is 2.33. The molecule has 2 aromatic rings. The van der Waals surface area contributed by atoms with Gasteiger partial charge in [-0.25, -0.2) is 14.8 Å². The zero-order chi connectivity index (χ0) is 13.0. The molecule has 1 amide bonds. The van der Waals surface area contributed by atoms with E-state index in [0.717, 1.165) is 0 Å². The average molecular weight is 249 g/mol. The molecule has 0 unspecified atom stereocenters. The van der Waals surface area contributed by atoms with Crippen molar-refractivity contribution >= 4 is 11.9 Å². The van der Waals surface area contributed by atoms with Gasteiger partial charge >= 0.3 is 5.97 Å². The van der Waals surface area contributed by atoms with Gasteiger partial charge in [-0.3, -0.25) is 4.79 Å². The maximum absolute atomic E-state index is 11.7. The highest BCUT2D eigenvalue weighted by atomic mass is 16.4. The number of aliphatic carboxylic acids is 1. The van der Waals surface area contributed by atoms with Crippen molar-refractivity contribution in [2.75, 3.05) is 0 Å². The van der Waals surface area contributed by atoms with Gasteiger partial charge in [-0.1, -0.05) is 0 Å². The summed E-state index contributed by atoms with van der Waals surface area (Å²) in [7, 11) is 0. The van der Waals surface area contributed by atoms with Gasteiger partial charge in [0.2, 0.25) is 0 Å². The number of amides is 1. The number of aromatic nitrogens is 4. The normalized spacial score (nSPS) is 12.0. The maximum Gasteiger partial charge on any atom is 0.326 e. The quantitative estimate of drug-likeness (QED) is 0.571. The van der Waals surface area contributed by atoms with Gasteiger partial charge in [-0.2, -0.15) is 0 Å². The Morgan fingerprint density at radius 3 is 2.56 bits per heavy atom. The van der Waals surface area contributed by atoms with E-state index in [1.807, 2.05) is 0 Å². The van der Waals surface area contributed by atoms with Crippen LogP contribution in [0.5, 0.6) is 0 Å². The van der Waals surface area contributed by atoms with Crippen LogP contribution < -0.4 is 5.32 Å². The van der Waals surface area contributed by atoms with Crippen molar-refractivity contribution in [2.45, 2.75) is 12.5 Å². The van der Waals surface area contributed by atoms with E-state index < -0.39 is 17.9 Å². The number of carbonyl (C=O) groups excluding carboxylic acids is 1. The number of imidazole rings is 2. The van der Waals surface area contributed by atoms with E-state index in [4.69, 9.17) is 5.11 Å². The molecule has 0 saturated carbocycles. The van der Waals surface area contributed by atoms with E-state index >= 15 is 0 Å². The largest absolute Gasteiger partial charge is 0.480 e. The first-order chi connectivity index (χ1) is 8.66. The molecular formula is C10H11N5O3. The molecule has 2 rings (SSSR count). The smallest absolute Gasteiger partial charge is 0.326 e. The Bertz CT molecular complexity index is 520. The van der Waals surface area contributed by atoms with Gasteiger partial charge in [0.05, 0.1) is 18.9 Å². The molecule has 18 heavy (non-hydrogen) atoms. The lowest BCUT2D eigenvalue weighted by molar-refractivity contribution is -0.139. The summed E-state index contributed by atoms with van der Waals surface area (Å²) in [4.78, 5) is 35.6. The van der Waals surface area contributed by atoms with Crippen molar-refractivity contribution in [2.24, 2.45) is 0 Å². The van der Waals surface area contributed by atoms with Crippen LogP contribution >= 0.6 is 0 Å².